The van der Waals surface area contributed by atoms with Crippen LogP contribution in [0.5, 0.6) is 0 Å². The Balaban J connectivity index is 1.82. The normalized spacial score (nSPS) is 10.2. The van der Waals surface area contributed by atoms with Crippen LogP contribution < -0.4 is 5.32 Å². The van der Waals surface area contributed by atoms with Crippen LogP contribution in [0.1, 0.15) is 10.4 Å². The fourth-order valence-corrected chi connectivity index (χ4v) is 2.47. The van der Waals surface area contributed by atoms with Gasteiger partial charge in [-0.25, -0.2) is 0 Å². The van der Waals surface area contributed by atoms with E-state index in [0.29, 0.717) is 5.56 Å². The third kappa shape index (κ3) is 3.43. The van der Waals surface area contributed by atoms with E-state index in [1.54, 1.807) is 0 Å². The topological polar surface area (TPSA) is 29.1 Å². The van der Waals surface area contributed by atoms with E-state index >= 15 is 0 Å². The largest absolute Gasteiger partial charge is 0.322 e. The number of benzene rings is 3. The van der Waals surface area contributed by atoms with Gasteiger partial charge in [-0.1, -0.05) is 58.4 Å². The van der Waals surface area contributed by atoms with Gasteiger partial charge in [0.25, 0.3) is 5.91 Å². The van der Waals surface area contributed by atoms with Crippen molar-refractivity contribution in [2.75, 3.05) is 5.32 Å². The molecule has 0 fully saturated rings. The standard InChI is InChI=1S/C19H14BrNO/c20-17-9-11-18(12-10-17)21-19(22)16-8-4-7-15(13-16)14-5-2-1-3-6-14/h1-13H,(H,21,22). The van der Waals surface area contributed by atoms with E-state index in [-0.39, 0.29) is 5.91 Å². The monoisotopic (exact) mass is 351 g/mol. The lowest BCUT2D eigenvalue weighted by Crippen LogP contribution is -2.11. The molecule has 3 aromatic carbocycles. The van der Waals surface area contributed by atoms with Crippen molar-refractivity contribution in [1.82, 2.24) is 0 Å². The molecule has 1 N–H and O–H groups in total. The highest BCUT2D eigenvalue weighted by Gasteiger charge is 2.07. The summed E-state index contributed by atoms with van der Waals surface area (Å²) >= 11 is 3.38. The van der Waals surface area contributed by atoms with Gasteiger partial charge in [0.15, 0.2) is 0 Å². The molecule has 0 aromatic heterocycles. The molecule has 3 aromatic rings. The van der Waals surface area contributed by atoms with Crippen molar-refractivity contribution >= 4 is 27.5 Å². The van der Waals surface area contributed by atoms with Gasteiger partial charge >= 0.3 is 0 Å². The number of nitrogens with one attached hydrogen (secondary N) is 1. The summed E-state index contributed by atoms with van der Waals surface area (Å²) in [7, 11) is 0. The Morgan fingerprint density at radius 2 is 1.45 bits per heavy atom. The minimum atomic E-state index is -0.111. The van der Waals surface area contributed by atoms with Crippen LogP contribution in [-0.2, 0) is 0 Å². The average molecular weight is 352 g/mol. The lowest BCUT2D eigenvalue weighted by molar-refractivity contribution is 0.102. The van der Waals surface area contributed by atoms with Gasteiger partial charge in [0.05, 0.1) is 0 Å². The molecule has 108 valence electrons. The van der Waals surface area contributed by atoms with Gasteiger partial charge in [-0.05, 0) is 47.5 Å². The Morgan fingerprint density at radius 1 is 0.773 bits per heavy atom. The molecule has 2 nitrogen and oxygen atoms in total. The molecule has 3 heteroatoms. The van der Waals surface area contributed by atoms with Gasteiger partial charge in [-0.15, -0.1) is 0 Å². The lowest BCUT2D eigenvalue weighted by atomic mass is 10.0. The number of carbonyl (C=O) groups excluding carboxylic acids is 1. The fraction of sp³-hybridized carbons (Fsp3) is 0. The molecule has 0 heterocycles. The van der Waals surface area contributed by atoms with E-state index in [0.717, 1.165) is 21.3 Å². The van der Waals surface area contributed by atoms with Crippen molar-refractivity contribution in [2.24, 2.45) is 0 Å². The zero-order valence-electron chi connectivity index (χ0n) is 11.8. The zero-order valence-corrected chi connectivity index (χ0v) is 13.4. The van der Waals surface area contributed by atoms with Crippen LogP contribution in [-0.4, -0.2) is 5.91 Å². The molecule has 0 saturated heterocycles. The molecule has 0 unspecified atom stereocenters. The van der Waals surface area contributed by atoms with Crippen molar-refractivity contribution < 1.29 is 4.79 Å². The summed E-state index contributed by atoms with van der Waals surface area (Å²) in [6, 6.07) is 25.2. The molecule has 0 atom stereocenters. The Labute approximate surface area is 137 Å². The molecule has 0 aliphatic heterocycles. The highest BCUT2D eigenvalue weighted by Crippen LogP contribution is 2.21. The summed E-state index contributed by atoms with van der Waals surface area (Å²) in [5.41, 5.74) is 3.55. The quantitative estimate of drug-likeness (QED) is 0.675. The summed E-state index contributed by atoms with van der Waals surface area (Å²) in [4.78, 5) is 12.4. The molecule has 0 aliphatic carbocycles. The zero-order chi connectivity index (χ0) is 15.4. The van der Waals surface area contributed by atoms with Crippen LogP contribution >= 0.6 is 15.9 Å². The SMILES string of the molecule is O=C(Nc1ccc(Br)cc1)c1cccc(-c2ccccc2)c1. The number of halogens is 1. The van der Waals surface area contributed by atoms with E-state index in [1.165, 1.54) is 0 Å². The number of hydrogen-bond acceptors (Lipinski definition) is 1. The predicted octanol–water partition coefficient (Wildman–Crippen LogP) is 5.37. The Hall–Kier alpha value is -2.39. The maximum Gasteiger partial charge on any atom is 0.255 e. The first-order chi connectivity index (χ1) is 10.7. The summed E-state index contributed by atoms with van der Waals surface area (Å²) in [6.07, 6.45) is 0. The Morgan fingerprint density at radius 3 is 2.18 bits per heavy atom. The fourth-order valence-electron chi connectivity index (χ4n) is 2.21. The number of carbonyl (C=O) groups is 1. The van der Waals surface area contributed by atoms with Crippen molar-refractivity contribution in [3.8, 4) is 11.1 Å². The first kappa shape index (κ1) is 14.5. The second kappa shape index (κ2) is 6.58. The van der Waals surface area contributed by atoms with E-state index in [4.69, 9.17) is 0 Å². The molecule has 0 spiro atoms. The third-order valence-corrected chi connectivity index (χ3v) is 3.86. The third-order valence-electron chi connectivity index (χ3n) is 3.33. The van der Waals surface area contributed by atoms with Crippen LogP contribution in [0.25, 0.3) is 11.1 Å². The summed E-state index contributed by atoms with van der Waals surface area (Å²) in [5.74, 6) is -0.111. The molecule has 22 heavy (non-hydrogen) atoms. The maximum atomic E-state index is 12.4. The van der Waals surface area contributed by atoms with Crippen LogP contribution in [0.15, 0.2) is 83.3 Å². The lowest BCUT2D eigenvalue weighted by Gasteiger charge is -2.07. The highest BCUT2D eigenvalue weighted by molar-refractivity contribution is 9.10. The van der Waals surface area contributed by atoms with Crippen molar-refractivity contribution in [3.63, 3.8) is 0 Å². The molecule has 0 bridgehead atoms. The summed E-state index contributed by atoms with van der Waals surface area (Å²) in [5, 5.41) is 2.90. The second-order valence-corrected chi connectivity index (χ2v) is 5.82. The Kier molecular flexibility index (Phi) is 4.35. The number of hydrogen-bond donors (Lipinski definition) is 1. The second-order valence-electron chi connectivity index (χ2n) is 4.91. The molecule has 3 rings (SSSR count). The van der Waals surface area contributed by atoms with Gasteiger partial charge in [0, 0.05) is 15.7 Å². The van der Waals surface area contributed by atoms with Crippen LogP contribution in [0.4, 0.5) is 5.69 Å². The molecule has 0 saturated carbocycles. The van der Waals surface area contributed by atoms with Gasteiger partial charge in [0.2, 0.25) is 0 Å². The van der Waals surface area contributed by atoms with Crippen molar-refractivity contribution in [1.29, 1.82) is 0 Å². The van der Waals surface area contributed by atoms with Crippen molar-refractivity contribution in [3.05, 3.63) is 88.9 Å². The number of amides is 1. The van der Waals surface area contributed by atoms with Crippen molar-refractivity contribution in [2.45, 2.75) is 0 Å². The number of rotatable bonds is 3. The van der Waals surface area contributed by atoms with Gasteiger partial charge in [-0.3, -0.25) is 4.79 Å². The number of anilines is 1. The molecule has 0 aliphatic rings. The van der Waals surface area contributed by atoms with Crippen LogP contribution in [0, 0.1) is 0 Å². The minimum absolute atomic E-state index is 0.111. The first-order valence-corrected chi connectivity index (χ1v) is 7.74. The van der Waals surface area contributed by atoms with Crippen LogP contribution in [0.3, 0.4) is 0 Å². The van der Waals surface area contributed by atoms with Gasteiger partial charge in [0.1, 0.15) is 0 Å². The van der Waals surface area contributed by atoms with Gasteiger partial charge < -0.3 is 5.32 Å². The average Bonchev–Trinajstić information content (AvgIpc) is 2.58. The Bertz CT molecular complexity index is 782. The van der Waals surface area contributed by atoms with E-state index in [9.17, 15) is 4.79 Å². The minimum Gasteiger partial charge on any atom is -0.322 e. The molecular formula is C19H14BrNO. The first-order valence-electron chi connectivity index (χ1n) is 6.95. The molecule has 0 radical (unpaired) electrons. The van der Waals surface area contributed by atoms with Gasteiger partial charge in [-0.2, -0.15) is 0 Å². The predicted molar refractivity (Wildman–Crippen MR) is 94.0 cm³/mol. The maximum absolute atomic E-state index is 12.4. The highest BCUT2D eigenvalue weighted by atomic mass is 79.9. The molecule has 1 amide bonds. The van der Waals surface area contributed by atoms with E-state index < -0.39 is 0 Å². The van der Waals surface area contributed by atoms with Crippen LogP contribution in [0.2, 0.25) is 0 Å². The van der Waals surface area contributed by atoms with E-state index in [2.05, 4.69) is 21.2 Å². The molecular weight excluding hydrogens is 338 g/mol. The van der Waals surface area contributed by atoms with E-state index in [1.807, 2.05) is 78.9 Å². The summed E-state index contributed by atoms with van der Waals surface area (Å²) in [6.45, 7) is 0. The smallest absolute Gasteiger partial charge is 0.255 e. The summed E-state index contributed by atoms with van der Waals surface area (Å²) < 4.78 is 0.983.